The van der Waals surface area contributed by atoms with E-state index < -0.39 is 12.5 Å². The molecule has 0 saturated heterocycles. The molecule has 0 aromatic heterocycles. The van der Waals surface area contributed by atoms with E-state index >= 15 is 0 Å². The van der Waals surface area contributed by atoms with Crippen LogP contribution in [0.25, 0.3) is 6.08 Å². The molecular weight excluding hydrogens is 350 g/mol. The zero-order valence-corrected chi connectivity index (χ0v) is 14.9. The molecule has 0 heterocycles. The van der Waals surface area contributed by atoms with Crippen molar-refractivity contribution in [1.82, 2.24) is 0 Å². The quantitative estimate of drug-likeness (QED) is 0.515. The minimum absolute atomic E-state index is 0.00766. The molecule has 27 heavy (non-hydrogen) atoms. The molecule has 0 aliphatic carbocycles. The highest BCUT2D eigenvalue weighted by Crippen LogP contribution is 2.18. The Morgan fingerprint density at radius 3 is 2.41 bits per heavy atom. The van der Waals surface area contributed by atoms with Crippen LogP contribution in [-0.2, 0) is 11.2 Å². The van der Waals surface area contributed by atoms with Crippen LogP contribution in [0.1, 0.15) is 30.9 Å². The second kappa shape index (κ2) is 10.1. The van der Waals surface area contributed by atoms with Crippen LogP contribution in [0.4, 0.5) is 14.5 Å². The first kappa shape index (κ1) is 20.1. The number of unbranched alkanes of at least 4 members (excludes halogenated alkanes) is 1. The highest BCUT2D eigenvalue weighted by Gasteiger charge is 2.10. The number of hydrogen-bond donors (Lipinski definition) is 1. The molecule has 2 rings (SSSR count). The molecular formula is C21H20F2N2O2. The van der Waals surface area contributed by atoms with Crippen LogP contribution in [0, 0.1) is 11.3 Å². The first-order valence-electron chi connectivity index (χ1n) is 8.58. The maximum atomic E-state index is 12.3. The topological polar surface area (TPSA) is 62.1 Å². The first-order chi connectivity index (χ1) is 13.0. The highest BCUT2D eigenvalue weighted by molar-refractivity contribution is 6.09. The Bertz CT molecular complexity index is 823. The smallest absolute Gasteiger partial charge is 0.387 e. The van der Waals surface area contributed by atoms with Crippen molar-refractivity contribution in [3.05, 3.63) is 65.2 Å². The molecule has 1 amide bonds. The summed E-state index contributed by atoms with van der Waals surface area (Å²) in [4.78, 5) is 12.3. The van der Waals surface area contributed by atoms with Crippen LogP contribution in [0.2, 0.25) is 0 Å². The minimum Gasteiger partial charge on any atom is -0.435 e. The molecule has 0 aliphatic rings. The van der Waals surface area contributed by atoms with Crippen LogP contribution in [0.5, 0.6) is 5.75 Å². The third kappa shape index (κ3) is 6.55. The van der Waals surface area contributed by atoms with Crippen LogP contribution in [0.3, 0.4) is 0 Å². The zero-order chi connectivity index (χ0) is 19.6. The summed E-state index contributed by atoms with van der Waals surface area (Å²) in [5.41, 5.74) is 2.23. The van der Waals surface area contributed by atoms with Crippen LogP contribution in [0.15, 0.2) is 54.1 Å². The molecule has 2 aromatic rings. The van der Waals surface area contributed by atoms with Crippen molar-refractivity contribution in [1.29, 1.82) is 5.26 Å². The summed E-state index contributed by atoms with van der Waals surface area (Å²) in [6, 6.07) is 15.0. The molecule has 140 valence electrons. The van der Waals surface area contributed by atoms with Crippen molar-refractivity contribution >= 4 is 17.7 Å². The number of nitrogens with one attached hydrogen (secondary N) is 1. The Kier molecular flexibility index (Phi) is 7.50. The maximum absolute atomic E-state index is 12.3. The molecule has 0 aliphatic heterocycles. The number of carbonyl (C=O) groups is 1. The Morgan fingerprint density at radius 1 is 1.19 bits per heavy atom. The van der Waals surface area contributed by atoms with Gasteiger partial charge in [-0.2, -0.15) is 14.0 Å². The van der Waals surface area contributed by atoms with Gasteiger partial charge in [-0.25, -0.2) is 0 Å². The fraction of sp³-hybridized carbons (Fsp3) is 0.238. The van der Waals surface area contributed by atoms with Crippen LogP contribution < -0.4 is 10.1 Å². The van der Waals surface area contributed by atoms with E-state index in [2.05, 4.69) is 17.0 Å². The Labute approximate surface area is 157 Å². The SMILES string of the molecule is CCCCc1ccc(NC(=O)/C(C#N)=C\c2ccc(OC(F)F)cc2)cc1. The Morgan fingerprint density at radius 2 is 1.85 bits per heavy atom. The minimum atomic E-state index is -2.90. The average Bonchev–Trinajstić information content (AvgIpc) is 2.66. The Balaban J connectivity index is 2.04. The highest BCUT2D eigenvalue weighted by atomic mass is 19.3. The molecule has 2 aromatic carbocycles. The van der Waals surface area contributed by atoms with Crippen molar-refractivity contribution in [3.8, 4) is 11.8 Å². The van der Waals surface area contributed by atoms with Gasteiger partial charge in [-0.15, -0.1) is 0 Å². The van der Waals surface area contributed by atoms with Crippen molar-refractivity contribution < 1.29 is 18.3 Å². The normalized spacial score (nSPS) is 11.1. The van der Waals surface area contributed by atoms with Gasteiger partial charge in [0.15, 0.2) is 0 Å². The van der Waals surface area contributed by atoms with E-state index in [0.29, 0.717) is 11.3 Å². The van der Waals surface area contributed by atoms with Gasteiger partial charge in [-0.05, 0) is 54.3 Å². The number of carbonyl (C=O) groups excluding carboxylic acids is 1. The van der Waals surface area contributed by atoms with Gasteiger partial charge in [0.05, 0.1) is 0 Å². The predicted octanol–water partition coefficient (Wildman–Crippen LogP) is 5.18. The molecule has 0 radical (unpaired) electrons. The second-order valence-corrected chi connectivity index (χ2v) is 5.87. The van der Waals surface area contributed by atoms with E-state index in [0.717, 1.165) is 19.3 Å². The number of amides is 1. The number of nitrogens with zero attached hydrogens (tertiary/aromatic N) is 1. The third-order valence-electron chi connectivity index (χ3n) is 3.81. The average molecular weight is 370 g/mol. The number of rotatable bonds is 8. The van der Waals surface area contributed by atoms with Gasteiger partial charge in [-0.3, -0.25) is 4.79 Å². The van der Waals surface area contributed by atoms with Crippen molar-refractivity contribution in [3.63, 3.8) is 0 Å². The number of hydrogen-bond acceptors (Lipinski definition) is 3. The largest absolute Gasteiger partial charge is 0.435 e. The Hall–Kier alpha value is -3.20. The summed E-state index contributed by atoms with van der Waals surface area (Å²) in [6.07, 6.45) is 4.59. The second-order valence-electron chi connectivity index (χ2n) is 5.87. The number of ether oxygens (including phenoxy) is 1. The molecule has 0 spiro atoms. The number of anilines is 1. The fourth-order valence-electron chi connectivity index (χ4n) is 2.39. The fourth-order valence-corrected chi connectivity index (χ4v) is 2.39. The van der Waals surface area contributed by atoms with Crippen LogP contribution >= 0.6 is 0 Å². The lowest BCUT2D eigenvalue weighted by atomic mass is 10.1. The number of alkyl halides is 2. The predicted molar refractivity (Wildman–Crippen MR) is 100 cm³/mol. The lowest BCUT2D eigenvalue weighted by Crippen LogP contribution is -2.13. The van der Waals surface area contributed by atoms with Gasteiger partial charge in [0.25, 0.3) is 5.91 Å². The van der Waals surface area contributed by atoms with E-state index in [-0.39, 0.29) is 11.3 Å². The van der Waals surface area contributed by atoms with Gasteiger partial charge in [0.2, 0.25) is 0 Å². The van der Waals surface area contributed by atoms with Gasteiger partial charge in [0, 0.05) is 5.69 Å². The summed E-state index contributed by atoms with van der Waals surface area (Å²) in [5.74, 6) is -0.528. The van der Waals surface area contributed by atoms with Crippen molar-refractivity contribution in [2.45, 2.75) is 32.8 Å². The molecule has 0 atom stereocenters. The van der Waals surface area contributed by atoms with Gasteiger partial charge in [0.1, 0.15) is 17.4 Å². The van der Waals surface area contributed by atoms with Gasteiger partial charge in [-0.1, -0.05) is 37.6 Å². The lowest BCUT2D eigenvalue weighted by molar-refractivity contribution is -0.112. The number of nitriles is 1. The van der Waals surface area contributed by atoms with E-state index in [1.54, 1.807) is 12.1 Å². The lowest BCUT2D eigenvalue weighted by Gasteiger charge is -2.06. The molecule has 4 nitrogen and oxygen atoms in total. The molecule has 1 N–H and O–H groups in total. The number of benzene rings is 2. The van der Waals surface area contributed by atoms with Crippen LogP contribution in [-0.4, -0.2) is 12.5 Å². The molecule has 6 heteroatoms. The molecule has 0 unspecified atom stereocenters. The number of halogens is 2. The van der Waals surface area contributed by atoms with Gasteiger partial charge < -0.3 is 10.1 Å². The molecule has 0 saturated carbocycles. The van der Waals surface area contributed by atoms with Gasteiger partial charge >= 0.3 is 6.61 Å². The zero-order valence-electron chi connectivity index (χ0n) is 14.9. The third-order valence-corrected chi connectivity index (χ3v) is 3.81. The van der Waals surface area contributed by atoms with Crippen molar-refractivity contribution in [2.75, 3.05) is 5.32 Å². The summed E-state index contributed by atoms with van der Waals surface area (Å²) < 4.78 is 28.6. The standard InChI is InChI=1S/C21H20F2N2O2/c1-2-3-4-15-5-9-18(10-6-15)25-20(26)17(14-24)13-16-7-11-19(12-8-16)27-21(22)23/h5-13,21H,2-4H2,1H3,(H,25,26)/b17-13-. The molecule has 0 bridgehead atoms. The van der Waals surface area contributed by atoms with E-state index in [1.165, 1.54) is 35.9 Å². The monoisotopic (exact) mass is 370 g/mol. The first-order valence-corrected chi connectivity index (χ1v) is 8.58. The van der Waals surface area contributed by atoms with Crippen molar-refractivity contribution in [2.24, 2.45) is 0 Å². The summed E-state index contributed by atoms with van der Waals surface area (Å²) in [7, 11) is 0. The van der Waals surface area contributed by atoms with E-state index in [9.17, 15) is 18.8 Å². The summed E-state index contributed by atoms with van der Waals surface area (Å²) in [5, 5.41) is 11.9. The van der Waals surface area contributed by atoms with E-state index in [1.807, 2.05) is 18.2 Å². The number of aryl methyl sites for hydroxylation is 1. The summed E-state index contributed by atoms with van der Waals surface area (Å²) in [6.45, 7) is -0.774. The van der Waals surface area contributed by atoms with E-state index in [4.69, 9.17) is 0 Å². The maximum Gasteiger partial charge on any atom is 0.387 e. The molecule has 0 fully saturated rings. The summed E-state index contributed by atoms with van der Waals surface area (Å²) >= 11 is 0.